The van der Waals surface area contributed by atoms with Crippen molar-refractivity contribution in [2.45, 2.75) is 16.2 Å². The molecule has 2 atom stereocenters. The van der Waals surface area contributed by atoms with Crippen molar-refractivity contribution < 1.29 is 14.6 Å². The van der Waals surface area contributed by atoms with Gasteiger partial charge in [-0.1, -0.05) is 23.7 Å². The van der Waals surface area contributed by atoms with Crippen molar-refractivity contribution in [1.82, 2.24) is 4.90 Å². The molecule has 2 unspecified atom stereocenters. The molecule has 0 fully saturated rings. The highest BCUT2D eigenvalue weighted by atomic mass is 35.5. The number of rotatable bonds is 5. The Kier molecular flexibility index (Phi) is 6.32. The monoisotopic (exact) mass is 406 g/mol. The van der Waals surface area contributed by atoms with Crippen molar-refractivity contribution in [3.63, 3.8) is 0 Å². The number of likely N-dealkylation sites (N-methyl/N-ethyl adjacent to an activating group) is 1. The lowest BCUT2D eigenvalue weighted by molar-refractivity contribution is -0.126. The second-order valence-corrected chi connectivity index (χ2v) is 8.28. The number of carbonyl (C=O) groups excluding carboxylic acids is 1. The van der Waals surface area contributed by atoms with Gasteiger partial charge in [-0.2, -0.15) is 0 Å². The average Bonchev–Trinajstić information content (AvgIpc) is 2.75. The van der Waals surface area contributed by atoms with Crippen LogP contribution in [0.4, 0.5) is 5.69 Å². The van der Waals surface area contributed by atoms with Gasteiger partial charge in [0, 0.05) is 23.0 Å². The van der Waals surface area contributed by atoms with Crippen LogP contribution in [0.3, 0.4) is 0 Å². The quantitative estimate of drug-likeness (QED) is 0.824. The van der Waals surface area contributed by atoms with Crippen molar-refractivity contribution >= 4 is 35.0 Å². The van der Waals surface area contributed by atoms with Gasteiger partial charge in [-0.15, -0.1) is 11.8 Å². The topological polar surface area (TPSA) is 53.0 Å². The van der Waals surface area contributed by atoms with Crippen LogP contribution in [0.15, 0.2) is 47.4 Å². The fourth-order valence-corrected chi connectivity index (χ4v) is 4.40. The van der Waals surface area contributed by atoms with Crippen molar-refractivity contribution in [3.8, 4) is 5.75 Å². The third kappa shape index (κ3) is 4.41. The van der Waals surface area contributed by atoms with E-state index in [1.807, 2.05) is 55.4 Å². The van der Waals surface area contributed by atoms with Crippen LogP contribution in [-0.2, 0) is 4.79 Å². The van der Waals surface area contributed by atoms with Gasteiger partial charge in [0.2, 0.25) is 0 Å². The second-order valence-electron chi connectivity index (χ2n) is 6.66. The molecule has 0 aromatic heterocycles. The number of anilines is 1. The zero-order valence-electron chi connectivity index (χ0n) is 15.6. The summed E-state index contributed by atoms with van der Waals surface area (Å²) in [4.78, 5) is 17.7. The van der Waals surface area contributed by atoms with E-state index >= 15 is 0 Å². The van der Waals surface area contributed by atoms with E-state index in [1.54, 1.807) is 18.1 Å². The number of hydrogen-bond acceptors (Lipinski definition) is 5. The van der Waals surface area contributed by atoms with E-state index in [0.717, 1.165) is 21.9 Å². The summed E-state index contributed by atoms with van der Waals surface area (Å²) in [5.74, 6) is 0.421. The lowest BCUT2D eigenvalue weighted by Gasteiger charge is -2.26. The van der Waals surface area contributed by atoms with E-state index < -0.39 is 11.4 Å². The molecule has 0 saturated heterocycles. The Balaban J connectivity index is 2.00. The fourth-order valence-electron chi connectivity index (χ4n) is 2.98. The molecule has 0 bridgehead atoms. The van der Waals surface area contributed by atoms with E-state index in [1.165, 1.54) is 11.8 Å². The summed E-state index contributed by atoms with van der Waals surface area (Å²) in [5, 5.41) is 11.0. The molecule has 2 aromatic rings. The minimum atomic E-state index is -1.16. The van der Waals surface area contributed by atoms with Gasteiger partial charge >= 0.3 is 0 Å². The van der Waals surface area contributed by atoms with Crippen LogP contribution in [0.25, 0.3) is 0 Å². The molecule has 1 aliphatic heterocycles. The summed E-state index contributed by atoms with van der Waals surface area (Å²) in [7, 11) is 5.51. The van der Waals surface area contributed by atoms with Crippen LogP contribution >= 0.6 is 23.4 Å². The maximum absolute atomic E-state index is 13.1. The van der Waals surface area contributed by atoms with E-state index in [2.05, 4.69) is 0 Å². The molecule has 1 N–H and O–H groups in total. The number of aliphatic hydroxyl groups excluding tert-OH is 1. The van der Waals surface area contributed by atoms with E-state index in [0.29, 0.717) is 18.1 Å². The minimum Gasteiger partial charge on any atom is -0.497 e. The number of hydrogen-bond donors (Lipinski definition) is 1. The molecule has 1 heterocycles. The van der Waals surface area contributed by atoms with Gasteiger partial charge in [-0.3, -0.25) is 4.79 Å². The van der Waals surface area contributed by atoms with Crippen LogP contribution in [0.1, 0.15) is 10.8 Å². The number of ether oxygens (including phenoxy) is 1. The van der Waals surface area contributed by atoms with Crippen molar-refractivity contribution in [2.75, 3.05) is 39.2 Å². The van der Waals surface area contributed by atoms with Crippen LogP contribution in [-0.4, -0.2) is 56.3 Å². The summed E-state index contributed by atoms with van der Waals surface area (Å²) in [6.45, 7) is 1.16. The molecule has 5 nitrogen and oxygen atoms in total. The molecule has 144 valence electrons. The number of aliphatic hydroxyl groups is 1. The van der Waals surface area contributed by atoms with Crippen LogP contribution in [0.5, 0.6) is 5.75 Å². The van der Waals surface area contributed by atoms with Gasteiger partial charge in [0.15, 0.2) is 0 Å². The molecule has 2 aromatic carbocycles. The average molecular weight is 407 g/mol. The van der Waals surface area contributed by atoms with E-state index in [-0.39, 0.29) is 5.91 Å². The molecule has 3 rings (SSSR count). The molecule has 7 heteroatoms. The number of nitrogens with zero attached hydrogens (tertiary/aromatic N) is 2. The second kappa shape index (κ2) is 8.52. The van der Waals surface area contributed by atoms with Gasteiger partial charge in [-0.25, -0.2) is 0 Å². The first-order chi connectivity index (χ1) is 12.9. The molecule has 0 spiro atoms. The first-order valence-corrected chi connectivity index (χ1v) is 9.91. The number of thioether (sulfide) groups is 1. The lowest BCUT2D eigenvalue weighted by atomic mass is 10.1. The zero-order valence-corrected chi connectivity index (χ0v) is 17.1. The number of methoxy groups -OCH3 is 1. The number of amides is 1. The highest BCUT2D eigenvalue weighted by Gasteiger charge is 2.37. The van der Waals surface area contributed by atoms with Gasteiger partial charge in [0.1, 0.15) is 11.9 Å². The number of fused-ring (bicyclic) bond motifs is 1. The third-order valence-electron chi connectivity index (χ3n) is 4.49. The Morgan fingerprint density at radius 2 is 1.93 bits per heavy atom. The standard InChI is InChI=1S/C20H23ClN2O3S/c1-22(2)10-11-23-16-12-14(21)6-9-17(16)27-19(18(24)20(23)25)13-4-7-15(26-3)8-5-13/h4-9,12,18-19,24H,10-11H2,1-3H3. The Morgan fingerprint density at radius 1 is 1.22 bits per heavy atom. The molecule has 27 heavy (non-hydrogen) atoms. The van der Waals surface area contributed by atoms with Crippen LogP contribution in [0, 0.1) is 0 Å². The smallest absolute Gasteiger partial charge is 0.257 e. The minimum absolute atomic E-state index is 0.314. The van der Waals surface area contributed by atoms with E-state index in [4.69, 9.17) is 16.3 Å². The van der Waals surface area contributed by atoms with Crippen LogP contribution in [0.2, 0.25) is 5.02 Å². The highest BCUT2D eigenvalue weighted by molar-refractivity contribution is 7.99. The third-order valence-corrected chi connectivity index (χ3v) is 6.10. The predicted molar refractivity (Wildman–Crippen MR) is 110 cm³/mol. The van der Waals surface area contributed by atoms with Gasteiger partial charge in [-0.05, 0) is 50.0 Å². The molecular weight excluding hydrogens is 384 g/mol. The number of benzene rings is 2. The van der Waals surface area contributed by atoms with Crippen molar-refractivity contribution in [2.24, 2.45) is 0 Å². The molecule has 1 amide bonds. The maximum atomic E-state index is 13.1. The summed E-state index contributed by atoms with van der Waals surface area (Å²) in [6.07, 6.45) is -1.16. The van der Waals surface area contributed by atoms with Gasteiger partial charge in [0.25, 0.3) is 5.91 Å². The van der Waals surface area contributed by atoms with Crippen LogP contribution < -0.4 is 9.64 Å². The molecule has 0 radical (unpaired) electrons. The highest BCUT2D eigenvalue weighted by Crippen LogP contribution is 2.46. The van der Waals surface area contributed by atoms with Gasteiger partial charge < -0.3 is 19.6 Å². The van der Waals surface area contributed by atoms with Crippen molar-refractivity contribution in [3.05, 3.63) is 53.1 Å². The van der Waals surface area contributed by atoms with Crippen molar-refractivity contribution in [1.29, 1.82) is 0 Å². The van der Waals surface area contributed by atoms with Gasteiger partial charge in [0.05, 0.1) is 18.0 Å². The fraction of sp³-hybridized carbons (Fsp3) is 0.350. The summed E-state index contributed by atoms with van der Waals surface area (Å²) in [5.41, 5.74) is 1.62. The first kappa shape index (κ1) is 20.0. The first-order valence-electron chi connectivity index (χ1n) is 8.65. The maximum Gasteiger partial charge on any atom is 0.257 e. The Hall–Kier alpha value is -1.73. The molecular formula is C20H23ClN2O3S. The predicted octanol–water partition coefficient (Wildman–Crippen LogP) is 3.45. The summed E-state index contributed by atoms with van der Waals surface area (Å²) in [6, 6.07) is 13.0. The molecule has 1 aliphatic rings. The zero-order chi connectivity index (χ0) is 19.6. The summed E-state index contributed by atoms with van der Waals surface area (Å²) < 4.78 is 5.21. The Morgan fingerprint density at radius 3 is 2.56 bits per heavy atom. The van der Waals surface area contributed by atoms with E-state index in [9.17, 15) is 9.90 Å². The molecule has 0 saturated carbocycles. The lowest BCUT2D eigenvalue weighted by Crippen LogP contribution is -2.43. The normalized spacial score (nSPS) is 19.8. The number of carbonyl (C=O) groups is 1. The largest absolute Gasteiger partial charge is 0.497 e. The summed E-state index contributed by atoms with van der Waals surface area (Å²) >= 11 is 7.67. The Labute approximate surface area is 168 Å². The SMILES string of the molecule is COc1ccc(C2Sc3ccc(Cl)cc3N(CCN(C)C)C(=O)C2O)cc1. The Bertz CT molecular complexity index is 813. The molecule has 0 aliphatic carbocycles. The number of halogens is 1.